The first-order valence-corrected chi connectivity index (χ1v) is 5.74. The molecule has 0 aliphatic rings. The number of aromatic nitrogens is 1. The van der Waals surface area contributed by atoms with Crippen LogP contribution < -0.4 is 0 Å². The Balaban J connectivity index is 3.21. The summed E-state index contributed by atoms with van der Waals surface area (Å²) in [5.74, 6) is -0.558. The summed E-state index contributed by atoms with van der Waals surface area (Å²) in [5, 5.41) is 19.2. The maximum absolute atomic E-state index is 12.2. The molecule has 0 spiro atoms. The van der Waals surface area contributed by atoms with Crippen molar-refractivity contribution in [1.29, 1.82) is 5.26 Å². The Morgan fingerprint density at radius 2 is 2.32 bits per heavy atom. The lowest BCUT2D eigenvalue weighted by Crippen LogP contribution is -2.37. The van der Waals surface area contributed by atoms with Crippen LogP contribution in [0.2, 0.25) is 5.15 Å². The van der Waals surface area contributed by atoms with Crippen LogP contribution in [-0.4, -0.2) is 33.3 Å². The monoisotopic (exact) mass is 282 g/mol. The summed E-state index contributed by atoms with van der Waals surface area (Å²) in [6.45, 7) is 3.33. The Bertz CT molecular complexity index is 553. The third-order valence-electron chi connectivity index (χ3n) is 2.39. The van der Waals surface area contributed by atoms with Gasteiger partial charge in [-0.15, -0.1) is 0 Å². The molecule has 0 N–H and O–H groups in total. The van der Waals surface area contributed by atoms with Crippen molar-refractivity contribution in [2.45, 2.75) is 19.9 Å². The van der Waals surface area contributed by atoms with Crippen molar-refractivity contribution in [1.82, 2.24) is 9.88 Å². The van der Waals surface area contributed by atoms with Gasteiger partial charge in [0.15, 0.2) is 0 Å². The third kappa shape index (κ3) is 3.39. The Kier molecular flexibility index (Phi) is 4.78. The maximum atomic E-state index is 12.2. The van der Waals surface area contributed by atoms with E-state index < -0.39 is 10.8 Å². The predicted octanol–water partition coefficient (Wildman–Crippen LogP) is 2.02. The minimum Gasteiger partial charge on any atom is -0.323 e. The van der Waals surface area contributed by atoms with Gasteiger partial charge in [0.2, 0.25) is 0 Å². The van der Waals surface area contributed by atoms with Crippen molar-refractivity contribution >= 4 is 23.2 Å². The van der Waals surface area contributed by atoms with E-state index in [1.807, 2.05) is 6.07 Å². The highest BCUT2D eigenvalue weighted by Crippen LogP contribution is 2.21. The molecule has 0 aliphatic carbocycles. The summed E-state index contributed by atoms with van der Waals surface area (Å²) in [5.41, 5.74) is -0.409. The Morgan fingerprint density at radius 1 is 1.68 bits per heavy atom. The Hall–Kier alpha value is -2.20. The summed E-state index contributed by atoms with van der Waals surface area (Å²) in [4.78, 5) is 27.1. The minimum atomic E-state index is -0.663. The molecule has 0 saturated heterocycles. The Labute approximate surface area is 114 Å². The normalized spacial score (nSPS) is 10.1. The lowest BCUT2D eigenvalue weighted by molar-refractivity contribution is -0.385. The van der Waals surface area contributed by atoms with E-state index in [1.54, 1.807) is 13.8 Å². The highest BCUT2D eigenvalue weighted by atomic mass is 35.5. The number of nitrogens with zero attached hydrogens (tertiary/aromatic N) is 4. The molecule has 100 valence electrons. The van der Waals surface area contributed by atoms with E-state index in [1.165, 1.54) is 4.90 Å². The van der Waals surface area contributed by atoms with Crippen molar-refractivity contribution in [2.75, 3.05) is 6.54 Å². The fraction of sp³-hybridized carbons (Fsp3) is 0.364. The zero-order valence-electron chi connectivity index (χ0n) is 10.3. The van der Waals surface area contributed by atoms with Crippen molar-refractivity contribution < 1.29 is 9.72 Å². The number of amides is 1. The topological polar surface area (TPSA) is 100 Å². The SMILES string of the molecule is CC(C)N(CC#N)C(=O)c1cc([N+](=O)[O-])cnc1Cl. The number of rotatable bonds is 4. The molecule has 19 heavy (non-hydrogen) atoms. The number of halogens is 1. The van der Waals surface area contributed by atoms with Crippen LogP contribution in [0.25, 0.3) is 0 Å². The molecular weight excluding hydrogens is 272 g/mol. The first kappa shape index (κ1) is 14.9. The summed E-state index contributed by atoms with van der Waals surface area (Å²) in [6.07, 6.45) is 0.975. The summed E-state index contributed by atoms with van der Waals surface area (Å²) < 4.78 is 0. The molecule has 1 aromatic heterocycles. The fourth-order valence-electron chi connectivity index (χ4n) is 1.41. The van der Waals surface area contributed by atoms with E-state index in [-0.39, 0.29) is 29.0 Å². The van der Waals surface area contributed by atoms with Gasteiger partial charge in [0, 0.05) is 12.1 Å². The highest BCUT2D eigenvalue weighted by molar-refractivity contribution is 6.32. The van der Waals surface area contributed by atoms with Crippen LogP contribution in [-0.2, 0) is 0 Å². The van der Waals surface area contributed by atoms with E-state index in [2.05, 4.69) is 4.98 Å². The lowest BCUT2D eigenvalue weighted by atomic mass is 10.2. The van der Waals surface area contributed by atoms with E-state index in [9.17, 15) is 14.9 Å². The smallest absolute Gasteiger partial charge is 0.288 e. The van der Waals surface area contributed by atoms with E-state index >= 15 is 0 Å². The van der Waals surface area contributed by atoms with Crippen molar-refractivity contribution in [2.24, 2.45) is 0 Å². The largest absolute Gasteiger partial charge is 0.323 e. The highest BCUT2D eigenvalue weighted by Gasteiger charge is 2.23. The molecule has 0 atom stereocenters. The average molecular weight is 283 g/mol. The predicted molar refractivity (Wildman–Crippen MR) is 67.7 cm³/mol. The molecule has 1 aromatic rings. The molecule has 1 amide bonds. The van der Waals surface area contributed by atoms with Crippen LogP contribution in [0.5, 0.6) is 0 Å². The van der Waals surface area contributed by atoms with Gasteiger partial charge in [-0.2, -0.15) is 5.26 Å². The summed E-state index contributed by atoms with van der Waals surface area (Å²) in [7, 11) is 0. The molecule has 0 bridgehead atoms. The number of nitriles is 1. The minimum absolute atomic E-state index is 0.0835. The van der Waals surface area contributed by atoms with Gasteiger partial charge in [-0.3, -0.25) is 14.9 Å². The molecule has 0 unspecified atom stereocenters. The zero-order valence-corrected chi connectivity index (χ0v) is 11.1. The molecule has 0 saturated carbocycles. The maximum Gasteiger partial charge on any atom is 0.288 e. The van der Waals surface area contributed by atoms with Gasteiger partial charge in [-0.25, -0.2) is 4.98 Å². The van der Waals surface area contributed by atoms with Gasteiger partial charge in [-0.1, -0.05) is 11.6 Å². The van der Waals surface area contributed by atoms with Gasteiger partial charge >= 0.3 is 0 Å². The molecule has 7 nitrogen and oxygen atoms in total. The second-order valence-electron chi connectivity index (χ2n) is 3.97. The number of pyridine rings is 1. The molecule has 0 fully saturated rings. The van der Waals surface area contributed by atoms with Gasteiger partial charge in [0.1, 0.15) is 17.9 Å². The van der Waals surface area contributed by atoms with Crippen molar-refractivity contribution in [3.8, 4) is 6.07 Å². The van der Waals surface area contributed by atoms with Gasteiger partial charge in [0.05, 0.1) is 16.6 Å². The van der Waals surface area contributed by atoms with Crippen LogP contribution >= 0.6 is 11.6 Å². The zero-order chi connectivity index (χ0) is 14.6. The Morgan fingerprint density at radius 3 is 2.79 bits per heavy atom. The average Bonchev–Trinajstić information content (AvgIpc) is 2.35. The van der Waals surface area contributed by atoms with E-state index in [4.69, 9.17) is 16.9 Å². The second-order valence-corrected chi connectivity index (χ2v) is 4.33. The first-order valence-electron chi connectivity index (χ1n) is 5.36. The molecule has 1 heterocycles. The number of nitro groups is 1. The molecule has 8 heteroatoms. The van der Waals surface area contributed by atoms with Gasteiger partial charge in [0.25, 0.3) is 11.6 Å². The van der Waals surface area contributed by atoms with Crippen LogP contribution in [0.3, 0.4) is 0 Å². The van der Waals surface area contributed by atoms with Crippen LogP contribution in [0, 0.1) is 21.4 Å². The van der Waals surface area contributed by atoms with Crippen molar-refractivity contribution in [3.05, 3.63) is 33.1 Å². The second kappa shape index (κ2) is 6.11. The molecular formula is C11H11ClN4O3. The number of carbonyl (C=O) groups is 1. The number of hydrogen-bond acceptors (Lipinski definition) is 5. The summed E-state index contributed by atoms with van der Waals surface area (Å²) in [6, 6.07) is 2.69. The molecule has 0 aromatic carbocycles. The summed E-state index contributed by atoms with van der Waals surface area (Å²) >= 11 is 5.78. The van der Waals surface area contributed by atoms with Crippen LogP contribution in [0.15, 0.2) is 12.3 Å². The quantitative estimate of drug-likeness (QED) is 0.364. The number of hydrogen-bond donors (Lipinski definition) is 0. The van der Waals surface area contributed by atoms with Gasteiger partial charge < -0.3 is 4.90 Å². The molecule has 0 aliphatic heterocycles. The molecule has 0 radical (unpaired) electrons. The molecule has 1 rings (SSSR count). The van der Waals surface area contributed by atoms with Crippen LogP contribution in [0.1, 0.15) is 24.2 Å². The van der Waals surface area contributed by atoms with Crippen molar-refractivity contribution in [3.63, 3.8) is 0 Å². The standard InChI is InChI=1S/C11H11ClN4O3/c1-7(2)15(4-3-13)11(17)9-5-8(16(18)19)6-14-10(9)12/h5-7H,4H2,1-2H3. The van der Waals surface area contributed by atoms with E-state index in [0.717, 1.165) is 12.3 Å². The lowest BCUT2D eigenvalue weighted by Gasteiger charge is -2.23. The van der Waals surface area contributed by atoms with Gasteiger partial charge in [-0.05, 0) is 13.8 Å². The third-order valence-corrected chi connectivity index (χ3v) is 2.69. The first-order chi connectivity index (χ1) is 8.88. The number of carbonyl (C=O) groups excluding carboxylic acids is 1. The fourth-order valence-corrected chi connectivity index (χ4v) is 1.59. The van der Waals surface area contributed by atoms with E-state index in [0.29, 0.717) is 0 Å². The van der Waals surface area contributed by atoms with Crippen LogP contribution in [0.4, 0.5) is 5.69 Å².